The molecule has 2 atom stereocenters. The highest BCUT2D eigenvalue weighted by Crippen LogP contribution is 2.35. The largest absolute Gasteiger partial charge is 0.380 e. The average Bonchev–Trinajstić information content (AvgIpc) is 2.34. The summed E-state index contributed by atoms with van der Waals surface area (Å²) in [5, 5.41) is 4.10. The smallest absolute Gasteiger partial charge is 0.126 e. The van der Waals surface area contributed by atoms with Crippen molar-refractivity contribution in [1.82, 2.24) is 0 Å². The van der Waals surface area contributed by atoms with Crippen molar-refractivity contribution in [2.45, 2.75) is 45.1 Å². The standard InChI is InChI=1S/C14H18Cl2FN/c1-2-9-4-3-5-11(6-9)18-14-12(15)7-10(17)8-13(14)16/h7-9,11,18H,2-6H2,1H3. The van der Waals surface area contributed by atoms with Crippen molar-refractivity contribution in [3.05, 3.63) is 28.0 Å². The molecule has 0 radical (unpaired) electrons. The van der Waals surface area contributed by atoms with Crippen LogP contribution in [0.3, 0.4) is 0 Å². The maximum Gasteiger partial charge on any atom is 0.126 e. The molecule has 100 valence electrons. The second kappa shape index (κ2) is 6.12. The molecular formula is C14H18Cl2FN. The van der Waals surface area contributed by atoms with Crippen molar-refractivity contribution < 1.29 is 4.39 Å². The molecule has 1 fully saturated rings. The molecule has 0 aliphatic heterocycles. The van der Waals surface area contributed by atoms with E-state index in [2.05, 4.69) is 12.2 Å². The highest BCUT2D eigenvalue weighted by molar-refractivity contribution is 6.39. The molecule has 0 aromatic heterocycles. The van der Waals surface area contributed by atoms with Gasteiger partial charge in [-0.3, -0.25) is 0 Å². The molecule has 1 saturated carbocycles. The van der Waals surface area contributed by atoms with Crippen molar-refractivity contribution in [3.8, 4) is 0 Å². The Morgan fingerprint density at radius 3 is 2.56 bits per heavy atom. The molecular weight excluding hydrogens is 272 g/mol. The zero-order valence-electron chi connectivity index (χ0n) is 10.5. The Morgan fingerprint density at radius 2 is 1.94 bits per heavy atom. The average molecular weight is 290 g/mol. The summed E-state index contributed by atoms with van der Waals surface area (Å²) in [5.41, 5.74) is 0.668. The molecule has 0 spiro atoms. The van der Waals surface area contributed by atoms with Crippen LogP contribution in [0.15, 0.2) is 12.1 Å². The summed E-state index contributed by atoms with van der Waals surface area (Å²) < 4.78 is 13.1. The number of nitrogens with one attached hydrogen (secondary N) is 1. The zero-order chi connectivity index (χ0) is 13.1. The Kier molecular flexibility index (Phi) is 4.74. The van der Waals surface area contributed by atoms with Gasteiger partial charge in [-0.05, 0) is 30.9 Å². The van der Waals surface area contributed by atoms with Crippen LogP contribution in [0.4, 0.5) is 10.1 Å². The van der Waals surface area contributed by atoms with Crippen LogP contribution in [0, 0.1) is 11.7 Å². The van der Waals surface area contributed by atoms with Gasteiger partial charge in [-0.2, -0.15) is 0 Å². The minimum atomic E-state index is -0.398. The third-order valence-electron chi connectivity index (χ3n) is 3.72. The number of hydrogen-bond donors (Lipinski definition) is 1. The SMILES string of the molecule is CCC1CCCC(Nc2c(Cl)cc(F)cc2Cl)C1. The number of benzene rings is 1. The predicted octanol–water partition coefficient (Wildman–Crippen LogP) is 5.51. The molecule has 1 aliphatic rings. The van der Waals surface area contributed by atoms with Gasteiger partial charge >= 0.3 is 0 Å². The molecule has 0 saturated heterocycles. The van der Waals surface area contributed by atoms with E-state index in [0.717, 1.165) is 18.8 Å². The second-order valence-electron chi connectivity index (χ2n) is 5.03. The number of halogens is 3. The van der Waals surface area contributed by atoms with Crippen molar-refractivity contribution >= 4 is 28.9 Å². The molecule has 2 unspecified atom stereocenters. The monoisotopic (exact) mass is 289 g/mol. The minimum absolute atomic E-state index is 0.360. The first-order valence-corrected chi connectivity index (χ1v) is 7.26. The van der Waals surface area contributed by atoms with E-state index in [1.807, 2.05) is 0 Å². The lowest BCUT2D eigenvalue weighted by atomic mass is 9.84. The van der Waals surface area contributed by atoms with Crippen molar-refractivity contribution in [2.24, 2.45) is 5.92 Å². The van der Waals surface area contributed by atoms with Gasteiger partial charge < -0.3 is 5.32 Å². The van der Waals surface area contributed by atoms with Crippen LogP contribution in [-0.4, -0.2) is 6.04 Å². The summed E-state index contributed by atoms with van der Waals surface area (Å²) in [7, 11) is 0. The molecule has 0 bridgehead atoms. The zero-order valence-corrected chi connectivity index (χ0v) is 12.0. The number of hydrogen-bond acceptors (Lipinski definition) is 1. The van der Waals surface area contributed by atoms with Crippen LogP contribution < -0.4 is 5.32 Å². The van der Waals surface area contributed by atoms with Gasteiger partial charge in [-0.1, -0.05) is 49.4 Å². The molecule has 18 heavy (non-hydrogen) atoms. The quantitative estimate of drug-likeness (QED) is 0.773. The summed E-state index contributed by atoms with van der Waals surface area (Å²) in [6.07, 6.45) is 6.01. The van der Waals surface area contributed by atoms with Gasteiger partial charge in [-0.15, -0.1) is 0 Å². The summed E-state index contributed by atoms with van der Waals surface area (Å²) in [5.74, 6) is 0.375. The summed E-state index contributed by atoms with van der Waals surface area (Å²) in [6, 6.07) is 3.00. The third kappa shape index (κ3) is 3.30. The number of anilines is 1. The Morgan fingerprint density at radius 1 is 1.28 bits per heavy atom. The van der Waals surface area contributed by atoms with Gasteiger partial charge in [0, 0.05) is 6.04 Å². The first-order valence-electron chi connectivity index (χ1n) is 6.51. The Balaban J connectivity index is 2.09. The van der Waals surface area contributed by atoms with E-state index >= 15 is 0 Å². The van der Waals surface area contributed by atoms with E-state index in [1.54, 1.807) is 0 Å². The molecule has 2 rings (SSSR count). The fourth-order valence-electron chi connectivity index (χ4n) is 2.68. The van der Waals surface area contributed by atoms with Crippen LogP contribution in [0.2, 0.25) is 10.0 Å². The Bertz CT molecular complexity index is 399. The highest BCUT2D eigenvalue weighted by Gasteiger charge is 2.22. The van der Waals surface area contributed by atoms with Crippen LogP contribution in [0.1, 0.15) is 39.0 Å². The van der Waals surface area contributed by atoms with Crippen LogP contribution >= 0.6 is 23.2 Å². The van der Waals surface area contributed by atoms with E-state index in [1.165, 1.54) is 31.4 Å². The molecule has 0 amide bonds. The Labute approximate surface area is 118 Å². The topological polar surface area (TPSA) is 12.0 Å². The fourth-order valence-corrected chi connectivity index (χ4v) is 3.25. The molecule has 1 nitrogen and oxygen atoms in total. The van der Waals surface area contributed by atoms with Gasteiger partial charge in [0.05, 0.1) is 15.7 Å². The van der Waals surface area contributed by atoms with Crippen molar-refractivity contribution in [2.75, 3.05) is 5.32 Å². The maximum atomic E-state index is 13.1. The van der Waals surface area contributed by atoms with Crippen LogP contribution in [-0.2, 0) is 0 Å². The first kappa shape index (κ1) is 14.0. The number of rotatable bonds is 3. The highest BCUT2D eigenvalue weighted by atomic mass is 35.5. The van der Waals surface area contributed by atoms with Gasteiger partial charge in [0.15, 0.2) is 0 Å². The molecule has 4 heteroatoms. The van der Waals surface area contributed by atoms with E-state index < -0.39 is 5.82 Å². The van der Waals surface area contributed by atoms with Gasteiger partial charge in [0.25, 0.3) is 0 Å². The predicted molar refractivity (Wildman–Crippen MR) is 76.1 cm³/mol. The lowest BCUT2D eigenvalue weighted by Crippen LogP contribution is -2.27. The summed E-state index contributed by atoms with van der Waals surface area (Å²) in [4.78, 5) is 0. The second-order valence-corrected chi connectivity index (χ2v) is 5.84. The molecule has 0 heterocycles. The van der Waals surface area contributed by atoms with E-state index in [-0.39, 0.29) is 0 Å². The van der Waals surface area contributed by atoms with E-state index in [0.29, 0.717) is 21.8 Å². The molecule has 1 aliphatic carbocycles. The lowest BCUT2D eigenvalue weighted by Gasteiger charge is -2.30. The summed E-state index contributed by atoms with van der Waals surface area (Å²) in [6.45, 7) is 2.23. The van der Waals surface area contributed by atoms with E-state index in [4.69, 9.17) is 23.2 Å². The summed E-state index contributed by atoms with van der Waals surface area (Å²) >= 11 is 12.1. The van der Waals surface area contributed by atoms with Gasteiger partial charge in [-0.25, -0.2) is 4.39 Å². The Hall–Kier alpha value is -0.470. The van der Waals surface area contributed by atoms with Gasteiger partial charge in [0.1, 0.15) is 5.82 Å². The lowest BCUT2D eigenvalue weighted by molar-refractivity contribution is 0.327. The maximum absolute atomic E-state index is 13.1. The molecule has 1 aromatic carbocycles. The van der Waals surface area contributed by atoms with Gasteiger partial charge in [0.2, 0.25) is 0 Å². The third-order valence-corrected chi connectivity index (χ3v) is 4.31. The minimum Gasteiger partial charge on any atom is -0.380 e. The van der Waals surface area contributed by atoms with Crippen LogP contribution in [0.25, 0.3) is 0 Å². The normalized spacial score (nSPS) is 24.0. The van der Waals surface area contributed by atoms with Crippen molar-refractivity contribution in [3.63, 3.8) is 0 Å². The van der Waals surface area contributed by atoms with Crippen LogP contribution in [0.5, 0.6) is 0 Å². The molecule has 1 N–H and O–H groups in total. The first-order chi connectivity index (χ1) is 8.60. The van der Waals surface area contributed by atoms with Crippen molar-refractivity contribution in [1.29, 1.82) is 0 Å². The molecule has 1 aromatic rings. The fraction of sp³-hybridized carbons (Fsp3) is 0.571. The van der Waals surface area contributed by atoms with E-state index in [9.17, 15) is 4.39 Å².